The van der Waals surface area contributed by atoms with Crippen molar-refractivity contribution in [3.8, 4) is 0 Å². The number of aryl methyl sites for hydroxylation is 1. The van der Waals surface area contributed by atoms with E-state index < -0.39 is 0 Å². The van der Waals surface area contributed by atoms with Gasteiger partial charge in [-0.3, -0.25) is 0 Å². The first-order chi connectivity index (χ1) is 10.2. The van der Waals surface area contributed by atoms with Gasteiger partial charge < -0.3 is 10.6 Å². The molecule has 0 aliphatic rings. The molecular formula is C15H23N5S. The Morgan fingerprint density at radius 3 is 2.57 bits per heavy atom. The van der Waals surface area contributed by atoms with Gasteiger partial charge in [-0.25, -0.2) is 15.0 Å². The first kappa shape index (κ1) is 15.7. The van der Waals surface area contributed by atoms with Crippen molar-refractivity contribution >= 4 is 23.0 Å². The number of thiazole rings is 1. The Balaban J connectivity index is 2.24. The van der Waals surface area contributed by atoms with Gasteiger partial charge in [0.05, 0.1) is 6.04 Å². The lowest BCUT2D eigenvalue weighted by atomic mass is 10.2. The Morgan fingerprint density at radius 1 is 1.19 bits per heavy atom. The monoisotopic (exact) mass is 305 g/mol. The molecule has 21 heavy (non-hydrogen) atoms. The standard InChI is InChI=1S/C15H23N5S/c1-5-7-16-13-10(3)14(19-11(4)18-13)20-12(6-2)15-17-8-9-21-15/h8-9,12H,5-7H2,1-4H3,(H2,16,18,19,20). The Morgan fingerprint density at radius 2 is 1.95 bits per heavy atom. The molecule has 0 aliphatic carbocycles. The van der Waals surface area contributed by atoms with Gasteiger partial charge in [0.25, 0.3) is 0 Å². The average molecular weight is 305 g/mol. The van der Waals surface area contributed by atoms with Gasteiger partial charge in [0.15, 0.2) is 0 Å². The van der Waals surface area contributed by atoms with Crippen LogP contribution < -0.4 is 10.6 Å². The predicted molar refractivity (Wildman–Crippen MR) is 89.1 cm³/mol. The van der Waals surface area contributed by atoms with Crippen LogP contribution in [0.5, 0.6) is 0 Å². The molecule has 0 bridgehead atoms. The Bertz CT molecular complexity index is 568. The zero-order chi connectivity index (χ0) is 15.2. The molecule has 114 valence electrons. The molecule has 0 radical (unpaired) electrons. The lowest BCUT2D eigenvalue weighted by molar-refractivity contribution is 0.734. The van der Waals surface area contributed by atoms with E-state index in [2.05, 4.69) is 39.4 Å². The van der Waals surface area contributed by atoms with E-state index in [4.69, 9.17) is 0 Å². The molecule has 0 aliphatic heterocycles. The van der Waals surface area contributed by atoms with Gasteiger partial charge in [-0.05, 0) is 26.7 Å². The molecule has 2 aromatic rings. The Kier molecular flexibility index (Phi) is 5.50. The van der Waals surface area contributed by atoms with Crippen molar-refractivity contribution < 1.29 is 0 Å². The molecule has 0 saturated carbocycles. The van der Waals surface area contributed by atoms with E-state index in [1.165, 1.54) is 0 Å². The molecule has 2 heterocycles. The highest BCUT2D eigenvalue weighted by molar-refractivity contribution is 7.09. The highest BCUT2D eigenvalue weighted by Gasteiger charge is 2.16. The third kappa shape index (κ3) is 3.91. The van der Waals surface area contributed by atoms with Gasteiger partial charge in [0.1, 0.15) is 22.5 Å². The Labute approximate surface area is 130 Å². The van der Waals surface area contributed by atoms with Crippen molar-refractivity contribution in [3.05, 3.63) is 28.0 Å². The van der Waals surface area contributed by atoms with Crippen molar-refractivity contribution in [3.63, 3.8) is 0 Å². The molecule has 0 spiro atoms. The first-order valence-corrected chi connectivity index (χ1v) is 8.28. The summed E-state index contributed by atoms with van der Waals surface area (Å²) in [5, 5.41) is 9.98. The smallest absolute Gasteiger partial charge is 0.135 e. The van der Waals surface area contributed by atoms with E-state index in [1.807, 2.05) is 25.4 Å². The van der Waals surface area contributed by atoms with Crippen molar-refractivity contribution in [1.29, 1.82) is 0 Å². The molecule has 1 atom stereocenters. The van der Waals surface area contributed by atoms with E-state index >= 15 is 0 Å². The molecule has 1 unspecified atom stereocenters. The number of nitrogens with one attached hydrogen (secondary N) is 2. The topological polar surface area (TPSA) is 62.7 Å². The summed E-state index contributed by atoms with van der Waals surface area (Å²) in [7, 11) is 0. The van der Waals surface area contributed by atoms with Crippen molar-refractivity contribution in [2.45, 2.75) is 46.6 Å². The fourth-order valence-corrected chi connectivity index (χ4v) is 2.87. The molecular weight excluding hydrogens is 282 g/mol. The highest BCUT2D eigenvalue weighted by Crippen LogP contribution is 2.27. The fourth-order valence-electron chi connectivity index (χ4n) is 2.09. The number of rotatable bonds is 7. The maximum absolute atomic E-state index is 4.55. The lowest BCUT2D eigenvalue weighted by Crippen LogP contribution is -2.14. The maximum Gasteiger partial charge on any atom is 0.135 e. The summed E-state index contributed by atoms with van der Waals surface area (Å²) in [6.07, 6.45) is 3.88. The summed E-state index contributed by atoms with van der Waals surface area (Å²) in [5.74, 6) is 2.58. The van der Waals surface area contributed by atoms with Gasteiger partial charge in [-0.1, -0.05) is 13.8 Å². The quantitative estimate of drug-likeness (QED) is 0.811. The van der Waals surface area contributed by atoms with E-state index in [9.17, 15) is 0 Å². The molecule has 5 nitrogen and oxygen atoms in total. The first-order valence-electron chi connectivity index (χ1n) is 7.40. The highest BCUT2D eigenvalue weighted by atomic mass is 32.1. The second-order valence-electron chi connectivity index (χ2n) is 5.00. The van der Waals surface area contributed by atoms with Crippen LogP contribution in [-0.4, -0.2) is 21.5 Å². The largest absolute Gasteiger partial charge is 0.370 e. The number of hydrogen-bond donors (Lipinski definition) is 2. The van der Waals surface area contributed by atoms with Crippen molar-refractivity contribution in [1.82, 2.24) is 15.0 Å². The van der Waals surface area contributed by atoms with Crippen LogP contribution in [-0.2, 0) is 0 Å². The SMILES string of the molecule is CCCNc1nc(C)nc(NC(CC)c2nccs2)c1C. The minimum absolute atomic E-state index is 0.192. The summed E-state index contributed by atoms with van der Waals surface area (Å²) in [5.41, 5.74) is 1.06. The van der Waals surface area contributed by atoms with Gasteiger partial charge in [-0.2, -0.15) is 0 Å². The van der Waals surface area contributed by atoms with Crippen LogP contribution in [0.1, 0.15) is 49.1 Å². The molecule has 6 heteroatoms. The average Bonchev–Trinajstić information content (AvgIpc) is 3.00. The molecule has 0 fully saturated rings. The predicted octanol–water partition coefficient (Wildman–Crippen LogP) is 3.94. The van der Waals surface area contributed by atoms with Gasteiger partial charge in [-0.15, -0.1) is 11.3 Å². The lowest BCUT2D eigenvalue weighted by Gasteiger charge is -2.19. The van der Waals surface area contributed by atoms with E-state index in [1.54, 1.807) is 11.3 Å². The molecule has 0 aromatic carbocycles. The van der Waals surface area contributed by atoms with Gasteiger partial charge in [0.2, 0.25) is 0 Å². The number of aromatic nitrogens is 3. The number of nitrogens with zero attached hydrogens (tertiary/aromatic N) is 3. The third-order valence-electron chi connectivity index (χ3n) is 3.27. The molecule has 0 amide bonds. The van der Waals surface area contributed by atoms with E-state index in [0.717, 1.165) is 47.4 Å². The van der Waals surface area contributed by atoms with Crippen LogP contribution in [0.4, 0.5) is 11.6 Å². The summed E-state index contributed by atoms with van der Waals surface area (Å²) >= 11 is 1.67. The molecule has 0 saturated heterocycles. The third-order valence-corrected chi connectivity index (χ3v) is 4.16. The summed E-state index contributed by atoms with van der Waals surface area (Å²) in [4.78, 5) is 13.4. The summed E-state index contributed by atoms with van der Waals surface area (Å²) < 4.78 is 0. The number of hydrogen-bond acceptors (Lipinski definition) is 6. The minimum Gasteiger partial charge on any atom is -0.370 e. The van der Waals surface area contributed by atoms with Crippen molar-refractivity contribution in [2.75, 3.05) is 17.2 Å². The maximum atomic E-state index is 4.55. The zero-order valence-electron chi connectivity index (χ0n) is 13.1. The number of anilines is 2. The molecule has 2 N–H and O–H groups in total. The minimum atomic E-state index is 0.192. The van der Waals surface area contributed by atoms with Crippen LogP contribution in [0.15, 0.2) is 11.6 Å². The van der Waals surface area contributed by atoms with Gasteiger partial charge >= 0.3 is 0 Å². The van der Waals surface area contributed by atoms with Crippen LogP contribution in [0, 0.1) is 13.8 Å². The van der Waals surface area contributed by atoms with Crippen LogP contribution >= 0.6 is 11.3 Å². The van der Waals surface area contributed by atoms with E-state index in [-0.39, 0.29) is 6.04 Å². The normalized spacial score (nSPS) is 12.2. The van der Waals surface area contributed by atoms with E-state index in [0.29, 0.717) is 0 Å². The second-order valence-corrected chi connectivity index (χ2v) is 5.92. The molecule has 2 aromatic heterocycles. The summed E-state index contributed by atoms with van der Waals surface area (Å²) in [6.45, 7) is 9.19. The second kappa shape index (κ2) is 7.36. The van der Waals surface area contributed by atoms with Crippen LogP contribution in [0.25, 0.3) is 0 Å². The van der Waals surface area contributed by atoms with Gasteiger partial charge in [0, 0.05) is 23.7 Å². The Hall–Kier alpha value is -1.69. The fraction of sp³-hybridized carbons (Fsp3) is 0.533. The van der Waals surface area contributed by atoms with Crippen LogP contribution in [0.3, 0.4) is 0 Å². The summed E-state index contributed by atoms with van der Waals surface area (Å²) in [6, 6.07) is 0.192. The van der Waals surface area contributed by atoms with Crippen LogP contribution in [0.2, 0.25) is 0 Å². The molecule has 2 rings (SSSR count). The zero-order valence-corrected chi connectivity index (χ0v) is 13.9. The van der Waals surface area contributed by atoms with Crippen molar-refractivity contribution in [2.24, 2.45) is 0 Å².